The number of piperidine rings is 1. The first-order valence-corrected chi connectivity index (χ1v) is 9.44. The predicted octanol–water partition coefficient (Wildman–Crippen LogP) is 0.250. The van der Waals surface area contributed by atoms with Gasteiger partial charge in [0.2, 0.25) is 17.7 Å². The van der Waals surface area contributed by atoms with Gasteiger partial charge in [-0.3, -0.25) is 19.1 Å². The van der Waals surface area contributed by atoms with Gasteiger partial charge in [0.25, 0.3) is 0 Å². The fourth-order valence-corrected chi connectivity index (χ4v) is 3.61. The van der Waals surface area contributed by atoms with Crippen LogP contribution >= 0.6 is 0 Å². The fourth-order valence-electron chi connectivity index (χ4n) is 3.61. The van der Waals surface area contributed by atoms with E-state index in [1.807, 2.05) is 17.2 Å². The highest BCUT2D eigenvalue weighted by Crippen LogP contribution is 2.18. The summed E-state index contributed by atoms with van der Waals surface area (Å²) in [6, 6.07) is 1.85. The maximum Gasteiger partial charge on any atom is 0.224 e. The molecule has 0 saturated carbocycles. The van der Waals surface area contributed by atoms with Crippen molar-refractivity contribution >= 4 is 17.7 Å². The average Bonchev–Trinajstić information content (AvgIpc) is 3.28. The number of amides is 3. The summed E-state index contributed by atoms with van der Waals surface area (Å²) >= 11 is 0. The van der Waals surface area contributed by atoms with Crippen LogP contribution in [0.15, 0.2) is 18.5 Å². The van der Waals surface area contributed by atoms with Gasteiger partial charge in [0, 0.05) is 58.0 Å². The van der Waals surface area contributed by atoms with Gasteiger partial charge in [-0.2, -0.15) is 5.10 Å². The number of hydrogen-bond acceptors (Lipinski definition) is 4. The number of carbonyl (C=O) groups excluding carboxylic acids is 3. The van der Waals surface area contributed by atoms with Gasteiger partial charge in [0.05, 0.1) is 12.5 Å². The van der Waals surface area contributed by atoms with E-state index in [0.717, 1.165) is 19.4 Å². The molecule has 0 unspecified atom stereocenters. The van der Waals surface area contributed by atoms with Gasteiger partial charge >= 0.3 is 0 Å². The van der Waals surface area contributed by atoms with Crippen molar-refractivity contribution in [1.29, 1.82) is 0 Å². The summed E-state index contributed by atoms with van der Waals surface area (Å²) in [5.41, 5.74) is 0. The normalized spacial score (nSPS) is 20.7. The van der Waals surface area contributed by atoms with Crippen LogP contribution in [0.1, 0.15) is 32.1 Å². The highest BCUT2D eigenvalue weighted by Gasteiger charge is 2.30. The molecule has 0 aromatic carbocycles. The summed E-state index contributed by atoms with van der Waals surface area (Å²) in [7, 11) is 0. The zero-order valence-electron chi connectivity index (χ0n) is 15.1. The Balaban J connectivity index is 1.39. The lowest BCUT2D eigenvalue weighted by molar-refractivity contribution is -0.138. The molecule has 0 aliphatic carbocycles. The van der Waals surface area contributed by atoms with Crippen molar-refractivity contribution in [2.24, 2.45) is 5.92 Å². The van der Waals surface area contributed by atoms with Crippen molar-refractivity contribution in [3.8, 4) is 0 Å². The van der Waals surface area contributed by atoms with Gasteiger partial charge in [-0.25, -0.2) is 0 Å². The van der Waals surface area contributed by atoms with Crippen molar-refractivity contribution in [3.63, 3.8) is 0 Å². The first-order valence-electron chi connectivity index (χ1n) is 9.44. The minimum absolute atomic E-state index is 0.00405. The van der Waals surface area contributed by atoms with E-state index in [1.54, 1.807) is 15.8 Å². The lowest BCUT2D eigenvalue weighted by Crippen LogP contribution is -2.46. The first-order chi connectivity index (χ1) is 12.6. The Morgan fingerprint density at radius 1 is 1.15 bits per heavy atom. The largest absolute Gasteiger partial charge is 0.354 e. The van der Waals surface area contributed by atoms with Gasteiger partial charge in [0.15, 0.2) is 0 Å². The van der Waals surface area contributed by atoms with Gasteiger partial charge in [-0.1, -0.05) is 0 Å². The van der Waals surface area contributed by atoms with E-state index in [9.17, 15) is 14.4 Å². The smallest absolute Gasteiger partial charge is 0.224 e. The number of carbonyl (C=O) groups is 3. The van der Waals surface area contributed by atoms with Crippen molar-refractivity contribution in [3.05, 3.63) is 18.5 Å². The Bertz CT molecular complexity index is 631. The summed E-state index contributed by atoms with van der Waals surface area (Å²) in [4.78, 5) is 39.8. The van der Waals surface area contributed by atoms with Crippen LogP contribution in [-0.2, 0) is 20.9 Å². The van der Waals surface area contributed by atoms with Crippen LogP contribution in [0.5, 0.6) is 0 Å². The number of nitrogens with zero attached hydrogens (tertiary/aromatic N) is 4. The molecule has 3 amide bonds. The zero-order valence-corrected chi connectivity index (χ0v) is 15.1. The van der Waals surface area contributed by atoms with Gasteiger partial charge in [0.1, 0.15) is 0 Å². The Morgan fingerprint density at radius 2 is 1.96 bits per heavy atom. The molecule has 0 radical (unpaired) electrons. The van der Waals surface area contributed by atoms with Crippen LogP contribution in [0.2, 0.25) is 0 Å². The van der Waals surface area contributed by atoms with Crippen LogP contribution in [-0.4, -0.2) is 70.0 Å². The van der Waals surface area contributed by atoms with Crippen LogP contribution < -0.4 is 5.32 Å². The molecule has 0 spiro atoms. The minimum Gasteiger partial charge on any atom is -0.354 e. The van der Waals surface area contributed by atoms with Crippen LogP contribution in [0, 0.1) is 5.92 Å². The minimum atomic E-state index is -0.154. The molecule has 3 heterocycles. The highest BCUT2D eigenvalue weighted by molar-refractivity contribution is 5.83. The number of rotatable bonds is 8. The van der Waals surface area contributed by atoms with Crippen LogP contribution in [0.25, 0.3) is 0 Å². The molecule has 1 aromatic heterocycles. The maximum atomic E-state index is 12.4. The molecule has 2 aliphatic heterocycles. The quantitative estimate of drug-likeness (QED) is 0.719. The third kappa shape index (κ3) is 4.83. The summed E-state index contributed by atoms with van der Waals surface area (Å²) in [5.74, 6) is 0.172. The SMILES string of the molecule is O=C(NCCn1cccn1)[C@@H]1CCC(=O)N(CCCN2CCCC2=O)C1. The van der Waals surface area contributed by atoms with E-state index in [4.69, 9.17) is 0 Å². The molecule has 26 heavy (non-hydrogen) atoms. The van der Waals surface area contributed by atoms with Gasteiger partial charge in [-0.05, 0) is 25.3 Å². The lowest BCUT2D eigenvalue weighted by atomic mass is 9.96. The Morgan fingerprint density at radius 3 is 2.69 bits per heavy atom. The average molecular weight is 361 g/mol. The second-order valence-electron chi connectivity index (χ2n) is 6.97. The fraction of sp³-hybridized carbons (Fsp3) is 0.667. The number of nitrogens with one attached hydrogen (secondary N) is 1. The Labute approximate surface area is 153 Å². The van der Waals surface area contributed by atoms with Gasteiger partial charge in [-0.15, -0.1) is 0 Å². The van der Waals surface area contributed by atoms with Gasteiger partial charge < -0.3 is 15.1 Å². The summed E-state index contributed by atoms with van der Waals surface area (Å²) in [6.45, 7) is 3.78. The third-order valence-corrected chi connectivity index (χ3v) is 5.10. The van der Waals surface area contributed by atoms with E-state index in [-0.39, 0.29) is 23.6 Å². The second-order valence-corrected chi connectivity index (χ2v) is 6.97. The van der Waals surface area contributed by atoms with Crippen molar-refractivity contribution in [2.75, 3.05) is 32.7 Å². The van der Waals surface area contributed by atoms with E-state index in [0.29, 0.717) is 52.0 Å². The monoisotopic (exact) mass is 361 g/mol. The molecule has 8 heteroatoms. The van der Waals surface area contributed by atoms with Crippen molar-refractivity contribution in [2.45, 2.75) is 38.6 Å². The molecule has 1 N–H and O–H groups in total. The standard InChI is InChI=1S/C18H27N5O3/c24-16-4-1-9-21(16)10-3-11-22-14-15(5-6-17(22)25)18(26)19-8-13-23-12-2-7-20-23/h2,7,12,15H,1,3-6,8-11,13-14H2,(H,19,26)/t15-/m1/s1. The molecule has 1 aromatic rings. The third-order valence-electron chi connectivity index (χ3n) is 5.10. The summed E-state index contributed by atoms with van der Waals surface area (Å²) < 4.78 is 1.77. The highest BCUT2D eigenvalue weighted by atomic mass is 16.2. The van der Waals surface area contributed by atoms with E-state index < -0.39 is 0 Å². The molecule has 2 saturated heterocycles. The van der Waals surface area contributed by atoms with Crippen molar-refractivity contribution in [1.82, 2.24) is 24.9 Å². The lowest BCUT2D eigenvalue weighted by Gasteiger charge is -2.32. The van der Waals surface area contributed by atoms with Crippen LogP contribution in [0.3, 0.4) is 0 Å². The van der Waals surface area contributed by atoms with E-state index in [1.165, 1.54) is 0 Å². The number of aromatic nitrogens is 2. The molecular weight excluding hydrogens is 334 g/mol. The molecule has 2 fully saturated rings. The van der Waals surface area contributed by atoms with E-state index in [2.05, 4.69) is 10.4 Å². The molecule has 0 bridgehead atoms. The van der Waals surface area contributed by atoms with Crippen molar-refractivity contribution < 1.29 is 14.4 Å². The van der Waals surface area contributed by atoms with E-state index >= 15 is 0 Å². The topological polar surface area (TPSA) is 87.5 Å². The number of hydrogen-bond donors (Lipinski definition) is 1. The molecular formula is C18H27N5O3. The molecule has 8 nitrogen and oxygen atoms in total. The molecule has 1 atom stereocenters. The molecule has 2 aliphatic rings. The molecule has 3 rings (SSSR count). The Kier molecular flexibility index (Phi) is 6.25. The maximum absolute atomic E-state index is 12.4. The van der Waals surface area contributed by atoms with Crippen LogP contribution in [0.4, 0.5) is 0 Å². The predicted molar refractivity (Wildman–Crippen MR) is 95.0 cm³/mol. The zero-order chi connectivity index (χ0) is 18.4. The summed E-state index contributed by atoms with van der Waals surface area (Å²) in [5, 5.41) is 7.05. The summed E-state index contributed by atoms with van der Waals surface area (Å²) in [6.07, 6.45) is 6.94. The second kappa shape index (κ2) is 8.82. The first kappa shape index (κ1) is 18.4. The Hall–Kier alpha value is -2.38. The number of likely N-dealkylation sites (tertiary alicyclic amines) is 2. The molecule has 142 valence electrons.